The Kier molecular flexibility index (Phi) is 2.06. The third kappa shape index (κ3) is 1.57. The number of thiol groups is 1. The molecule has 5 heteroatoms. The predicted molar refractivity (Wildman–Crippen MR) is 37.2 cm³/mol. The Bertz CT molecular complexity index is 282. The zero-order valence-electron chi connectivity index (χ0n) is 5.52. The molecule has 0 saturated carbocycles. The second-order valence-electron chi connectivity index (χ2n) is 1.95. The van der Waals surface area contributed by atoms with E-state index in [0.717, 1.165) is 0 Å². The topological polar surface area (TPSA) is 52.0 Å². The van der Waals surface area contributed by atoms with Gasteiger partial charge in [0.2, 0.25) is 0 Å². The number of nitrogens with zero attached hydrogens (tertiary/aromatic N) is 2. The Morgan fingerprint density at radius 2 is 2.40 bits per heavy atom. The van der Waals surface area contributed by atoms with Crippen molar-refractivity contribution in [2.75, 3.05) is 0 Å². The third-order valence-electron chi connectivity index (χ3n) is 1.19. The number of rotatable bonds is 2. The highest BCUT2D eigenvalue weighted by Gasteiger charge is 1.97. The van der Waals surface area contributed by atoms with Gasteiger partial charge < -0.3 is 4.57 Å². The predicted octanol–water partition coefficient (Wildman–Crippen LogP) is -0.468. The van der Waals surface area contributed by atoms with Crippen LogP contribution in [0.2, 0.25) is 0 Å². The van der Waals surface area contributed by atoms with Gasteiger partial charge in [-0.25, -0.2) is 13.4 Å². The van der Waals surface area contributed by atoms with Crippen molar-refractivity contribution >= 4 is 10.7 Å². The van der Waals surface area contributed by atoms with Crippen LogP contribution >= 0.6 is 0 Å². The summed E-state index contributed by atoms with van der Waals surface area (Å²) in [7, 11) is -0.586. The molecule has 0 N–H and O–H groups in total. The maximum atomic E-state index is 10.2. The van der Waals surface area contributed by atoms with Crippen molar-refractivity contribution in [3.63, 3.8) is 0 Å². The molecule has 0 saturated heterocycles. The van der Waals surface area contributed by atoms with E-state index in [1.807, 2.05) is 0 Å². The van der Waals surface area contributed by atoms with Crippen molar-refractivity contribution < 1.29 is 8.42 Å². The third-order valence-corrected chi connectivity index (χ3v) is 1.73. The Balaban J connectivity index is 2.84. The van der Waals surface area contributed by atoms with E-state index in [1.165, 1.54) is 0 Å². The standard InChI is InChI=1S/C5H8N2O2S/c1-7-3-2-6-5(7)4-10(8)9/h2-3,10H,4H2,1H3. The first kappa shape index (κ1) is 7.27. The van der Waals surface area contributed by atoms with Crippen LogP contribution in [-0.2, 0) is 23.5 Å². The molecule has 1 rings (SSSR count). The first-order valence-electron chi connectivity index (χ1n) is 2.78. The maximum absolute atomic E-state index is 10.2. The van der Waals surface area contributed by atoms with E-state index in [1.54, 1.807) is 24.0 Å². The summed E-state index contributed by atoms with van der Waals surface area (Å²) in [6, 6.07) is 0. The minimum absolute atomic E-state index is 0.0266. The average Bonchev–Trinajstić information content (AvgIpc) is 2.15. The van der Waals surface area contributed by atoms with Gasteiger partial charge in [0.15, 0.2) is 0 Å². The Labute approximate surface area is 60.5 Å². The summed E-state index contributed by atoms with van der Waals surface area (Å²) in [5.41, 5.74) is 0. The molecular formula is C5H8N2O2S. The first-order valence-corrected chi connectivity index (χ1v) is 4.14. The molecule has 4 nitrogen and oxygen atoms in total. The van der Waals surface area contributed by atoms with Gasteiger partial charge in [0.25, 0.3) is 0 Å². The molecule has 0 aromatic carbocycles. The van der Waals surface area contributed by atoms with Crippen LogP contribution in [0.1, 0.15) is 5.82 Å². The molecule has 1 heterocycles. The summed E-state index contributed by atoms with van der Waals surface area (Å²) in [5, 5.41) is 0. The average molecular weight is 160 g/mol. The molecule has 10 heavy (non-hydrogen) atoms. The molecule has 56 valence electrons. The Hall–Kier alpha value is -0.840. The highest BCUT2D eigenvalue weighted by atomic mass is 32.2. The van der Waals surface area contributed by atoms with Crippen LogP contribution < -0.4 is 0 Å². The van der Waals surface area contributed by atoms with Crippen LogP contribution in [0.25, 0.3) is 0 Å². The lowest BCUT2D eigenvalue weighted by atomic mass is 10.7. The number of hydrogen-bond acceptors (Lipinski definition) is 3. The Morgan fingerprint density at radius 3 is 2.80 bits per heavy atom. The minimum atomic E-state index is -2.35. The van der Waals surface area contributed by atoms with E-state index in [9.17, 15) is 8.42 Å². The van der Waals surface area contributed by atoms with Gasteiger partial charge in [-0.1, -0.05) is 0 Å². The molecule has 0 radical (unpaired) electrons. The highest BCUT2D eigenvalue weighted by Crippen LogP contribution is 1.94. The van der Waals surface area contributed by atoms with Gasteiger partial charge in [0.1, 0.15) is 22.3 Å². The molecule has 0 bridgehead atoms. The van der Waals surface area contributed by atoms with Gasteiger partial charge in [-0.2, -0.15) is 0 Å². The van der Waals surface area contributed by atoms with E-state index in [4.69, 9.17) is 0 Å². The molecule has 0 fully saturated rings. The van der Waals surface area contributed by atoms with Crippen LogP contribution in [-0.4, -0.2) is 18.0 Å². The van der Waals surface area contributed by atoms with Crippen LogP contribution in [0, 0.1) is 0 Å². The normalized spacial score (nSPS) is 10.6. The summed E-state index contributed by atoms with van der Waals surface area (Å²) >= 11 is 0. The van der Waals surface area contributed by atoms with Crippen molar-refractivity contribution in [2.24, 2.45) is 7.05 Å². The highest BCUT2D eigenvalue weighted by molar-refractivity contribution is 7.71. The maximum Gasteiger partial charge on any atom is 0.147 e. The molecule has 0 spiro atoms. The fourth-order valence-electron chi connectivity index (χ4n) is 0.664. The van der Waals surface area contributed by atoms with E-state index in [0.29, 0.717) is 5.82 Å². The Morgan fingerprint density at radius 1 is 1.70 bits per heavy atom. The molecule has 0 unspecified atom stereocenters. The summed E-state index contributed by atoms with van der Waals surface area (Å²) in [6.07, 6.45) is 3.29. The summed E-state index contributed by atoms with van der Waals surface area (Å²) in [6.45, 7) is 0. The lowest BCUT2D eigenvalue weighted by Gasteiger charge is -1.92. The van der Waals surface area contributed by atoms with Gasteiger partial charge in [0, 0.05) is 19.4 Å². The molecule has 0 aliphatic rings. The molecule has 0 amide bonds. The molecule has 1 aromatic heterocycles. The minimum Gasteiger partial charge on any atom is -0.337 e. The van der Waals surface area contributed by atoms with Crippen molar-refractivity contribution in [2.45, 2.75) is 5.75 Å². The lowest BCUT2D eigenvalue weighted by molar-refractivity contribution is 0.611. The molecular weight excluding hydrogens is 152 g/mol. The van der Waals surface area contributed by atoms with Crippen molar-refractivity contribution in [3.05, 3.63) is 18.2 Å². The van der Waals surface area contributed by atoms with Gasteiger partial charge in [-0.05, 0) is 0 Å². The number of aryl methyl sites for hydroxylation is 1. The number of hydrogen-bond donors (Lipinski definition) is 1. The van der Waals surface area contributed by atoms with Crippen LogP contribution in [0.4, 0.5) is 0 Å². The molecule has 0 atom stereocenters. The zero-order chi connectivity index (χ0) is 7.56. The monoisotopic (exact) mass is 160 g/mol. The van der Waals surface area contributed by atoms with Gasteiger partial charge in [-0.15, -0.1) is 0 Å². The SMILES string of the molecule is Cn1ccnc1C[SH](=O)=O. The van der Waals surface area contributed by atoms with Gasteiger partial charge in [-0.3, -0.25) is 0 Å². The summed E-state index contributed by atoms with van der Waals surface area (Å²) < 4.78 is 22.1. The second kappa shape index (κ2) is 2.83. The van der Waals surface area contributed by atoms with Crippen molar-refractivity contribution in [1.82, 2.24) is 9.55 Å². The lowest BCUT2D eigenvalue weighted by Crippen LogP contribution is -1.97. The molecule has 0 aliphatic heterocycles. The van der Waals surface area contributed by atoms with E-state index in [2.05, 4.69) is 4.98 Å². The van der Waals surface area contributed by atoms with Crippen LogP contribution in [0.3, 0.4) is 0 Å². The number of imidazole rings is 1. The largest absolute Gasteiger partial charge is 0.337 e. The quantitative estimate of drug-likeness (QED) is 0.595. The fourth-order valence-corrected chi connectivity index (χ4v) is 1.20. The van der Waals surface area contributed by atoms with Crippen molar-refractivity contribution in [1.29, 1.82) is 0 Å². The van der Waals surface area contributed by atoms with E-state index < -0.39 is 10.7 Å². The van der Waals surface area contributed by atoms with E-state index >= 15 is 0 Å². The fraction of sp³-hybridized carbons (Fsp3) is 0.400. The smallest absolute Gasteiger partial charge is 0.147 e. The summed E-state index contributed by atoms with van der Waals surface area (Å²) in [5.74, 6) is 0.606. The van der Waals surface area contributed by atoms with Crippen molar-refractivity contribution in [3.8, 4) is 0 Å². The van der Waals surface area contributed by atoms with Crippen LogP contribution in [0.5, 0.6) is 0 Å². The molecule has 0 aliphatic carbocycles. The first-order chi connectivity index (χ1) is 4.70. The number of aromatic nitrogens is 2. The molecule has 1 aromatic rings. The van der Waals surface area contributed by atoms with E-state index in [-0.39, 0.29) is 5.75 Å². The van der Waals surface area contributed by atoms with Crippen LogP contribution in [0.15, 0.2) is 12.4 Å². The van der Waals surface area contributed by atoms with Gasteiger partial charge in [0.05, 0.1) is 0 Å². The summed E-state index contributed by atoms with van der Waals surface area (Å²) in [4.78, 5) is 3.84. The zero-order valence-corrected chi connectivity index (χ0v) is 6.41. The van der Waals surface area contributed by atoms with Gasteiger partial charge >= 0.3 is 0 Å². The second-order valence-corrected chi connectivity index (χ2v) is 2.93.